The average Bonchev–Trinajstić information content (AvgIpc) is 3.11. The molecule has 5 nitrogen and oxygen atoms in total. The van der Waals surface area contributed by atoms with E-state index < -0.39 is 0 Å². The number of amides is 1. The molecule has 0 N–H and O–H groups in total. The van der Waals surface area contributed by atoms with E-state index in [0.29, 0.717) is 21.5 Å². The van der Waals surface area contributed by atoms with Crippen LogP contribution in [0.3, 0.4) is 0 Å². The summed E-state index contributed by atoms with van der Waals surface area (Å²) in [6, 6.07) is 7.52. The number of rotatable bonds is 4. The van der Waals surface area contributed by atoms with E-state index in [1.165, 1.54) is 0 Å². The fourth-order valence-electron chi connectivity index (χ4n) is 3.10. The number of methoxy groups -OCH3 is 2. The van der Waals surface area contributed by atoms with E-state index in [0.717, 1.165) is 24.9 Å². The van der Waals surface area contributed by atoms with Crippen molar-refractivity contribution in [2.24, 2.45) is 0 Å². The van der Waals surface area contributed by atoms with Gasteiger partial charge in [0.05, 0.1) is 20.3 Å². The summed E-state index contributed by atoms with van der Waals surface area (Å²) in [7, 11) is 3.15. The summed E-state index contributed by atoms with van der Waals surface area (Å²) in [6.45, 7) is 0.743. The molecule has 0 unspecified atom stereocenters. The van der Waals surface area contributed by atoms with E-state index in [4.69, 9.17) is 9.47 Å². The van der Waals surface area contributed by atoms with Crippen LogP contribution in [0.4, 0.5) is 0 Å². The van der Waals surface area contributed by atoms with Crippen LogP contribution < -0.4 is 9.47 Å². The second-order valence-corrected chi connectivity index (χ2v) is 6.42. The standard InChI is InChI=1S/C18H19BrN2O3/c1-23-15-10-13(11-16(24-2)17(15)19)18(22)21-9-3-4-14(21)12-5-7-20-8-6-12/h5-8,10-11,14H,3-4,9H2,1-2H3/t14-/m0/s1. The molecule has 2 aromatic rings. The molecule has 1 atom stereocenters. The maximum atomic E-state index is 13.1. The zero-order valence-corrected chi connectivity index (χ0v) is 15.2. The minimum absolute atomic E-state index is 0.0154. The third-order valence-electron chi connectivity index (χ3n) is 4.30. The van der Waals surface area contributed by atoms with E-state index >= 15 is 0 Å². The van der Waals surface area contributed by atoms with Gasteiger partial charge in [-0.1, -0.05) is 0 Å². The molecular formula is C18H19BrN2O3. The first-order valence-electron chi connectivity index (χ1n) is 7.78. The van der Waals surface area contributed by atoms with Gasteiger partial charge in [-0.25, -0.2) is 0 Å². The quantitative estimate of drug-likeness (QED) is 0.795. The third-order valence-corrected chi connectivity index (χ3v) is 5.08. The molecule has 24 heavy (non-hydrogen) atoms. The molecule has 1 fully saturated rings. The number of hydrogen-bond acceptors (Lipinski definition) is 4. The Morgan fingerprint density at radius 3 is 2.42 bits per heavy atom. The summed E-state index contributed by atoms with van der Waals surface area (Å²) in [5.41, 5.74) is 1.68. The Morgan fingerprint density at radius 1 is 1.21 bits per heavy atom. The molecule has 6 heteroatoms. The smallest absolute Gasteiger partial charge is 0.254 e. The zero-order chi connectivity index (χ0) is 17.1. The molecule has 1 aromatic carbocycles. The number of carbonyl (C=O) groups is 1. The highest BCUT2D eigenvalue weighted by atomic mass is 79.9. The van der Waals surface area contributed by atoms with E-state index in [2.05, 4.69) is 20.9 Å². The van der Waals surface area contributed by atoms with Crippen LogP contribution in [-0.2, 0) is 0 Å². The number of ether oxygens (including phenoxy) is 2. The number of pyridine rings is 1. The number of nitrogens with zero attached hydrogens (tertiary/aromatic N) is 2. The van der Waals surface area contributed by atoms with Crippen molar-refractivity contribution >= 4 is 21.8 Å². The van der Waals surface area contributed by atoms with Crippen LogP contribution in [0.15, 0.2) is 41.1 Å². The Kier molecular flexibility index (Phi) is 5.04. The predicted molar refractivity (Wildman–Crippen MR) is 94.5 cm³/mol. The van der Waals surface area contributed by atoms with Crippen molar-refractivity contribution in [1.29, 1.82) is 0 Å². The van der Waals surface area contributed by atoms with Gasteiger partial charge in [0.2, 0.25) is 0 Å². The lowest BCUT2D eigenvalue weighted by atomic mass is 10.1. The molecule has 0 spiro atoms. The number of likely N-dealkylation sites (tertiary alicyclic amines) is 1. The minimum atomic E-state index is -0.0154. The van der Waals surface area contributed by atoms with Gasteiger partial charge >= 0.3 is 0 Å². The van der Waals surface area contributed by atoms with Crippen LogP contribution in [0.1, 0.15) is 34.8 Å². The Balaban J connectivity index is 1.93. The zero-order valence-electron chi connectivity index (χ0n) is 13.7. The Hall–Kier alpha value is -2.08. The van der Waals surface area contributed by atoms with Gasteiger partial charge in [-0.15, -0.1) is 0 Å². The van der Waals surface area contributed by atoms with Crippen LogP contribution in [0, 0.1) is 0 Å². The van der Waals surface area contributed by atoms with Gasteiger partial charge in [-0.05, 0) is 58.6 Å². The molecule has 0 bridgehead atoms. The van der Waals surface area contributed by atoms with Crippen LogP contribution >= 0.6 is 15.9 Å². The number of aromatic nitrogens is 1. The highest BCUT2D eigenvalue weighted by Crippen LogP contribution is 2.38. The van der Waals surface area contributed by atoms with Crippen molar-refractivity contribution < 1.29 is 14.3 Å². The number of hydrogen-bond donors (Lipinski definition) is 0. The number of halogens is 1. The highest BCUT2D eigenvalue weighted by Gasteiger charge is 2.31. The molecule has 3 rings (SSSR count). The summed E-state index contributed by atoms with van der Waals surface area (Å²) in [5.74, 6) is 1.15. The summed E-state index contributed by atoms with van der Waals surface area (Å²) in [6.07, 6.45) is 5.48. The SMILES string of the molecule is COc1cc(C(=O)N2CCC[C@H]2c2ccncc2)cc(OC)c1Br. The van der Waals surface area contributed by atoms with Crippen molar-refractivity contribution in [3.63, 3.8) is 0 Å². The maximum absolute atomic E-state index is 13.1. The van der Waals surface area contributed by atoms with Crippen LogP contribution in [0.5, 0.6) is 11.5 Å². The van der Waals surface area contributed by atoms with Crippen LogP contribution in [-0.4, -0.2) is 36.6 Å². The van der Waals surface area contributed by atoms with Crippen molar-refractivity contribution in [1.82, 2.24) is 9.88 Å². The van der Waals surface area contributed by atoms with Gasteiger partial charge in [0, 0.05) is 24.5 Å². The third kappa shape index (κ3) is 3.11. The molecule has 1 aromatic heterocycles. The van der Waals surface area contributed by atoms with Gasteiger partial charge in [0.25, 0.3) is 5.91 Å². The lowest BCUT2D eigenvalue weighted by Gasteiger charge is -2.25. The normalized spacial score (nSPS) is 17.0. The summed E-state index contributed by atoms with van der Waals surface area (Å²) >= 11 is 3.44. The Labute approximate surface area is 149 Å². The summed E-state index contributed by atoms with van der Waals surface area (Å²) < 4.78 is 11.4. The molecule has 1 amide bonds. The molecule has 0 aliphatic carbocycles. The second kappa shape index (κ2) is 7.21. The Morgan fingerprint density at radius 2 is 1.83 bits per heavy atom. The molecule has 126 valence electrons. The van der Waals surface area contributed by atoms with E-state index in [-0.39, 0.29) is 11.9 Å². The van der Waals surface area contributed by atoms with Crippen molar-refractivity contribution in [2.75, 3.05) is 20.8 Å². The van der Waals surface area contributed by atoms with Crippen molar-refractivity contribution in [3.8, 4) is 11.5 Å². The first kappa shape index (κ1) is 16.8. The predicted octanol–water partition coefficient (Wildman–Crippen LogP) is 3.84. The molecule has 1 aliphatic rings. The highest BCUT2D eigenvalue weighted by molar-refractivity contribution is 9.10. The molecular weight excluding hydrogens is 372 g/mol. The lowest BCUT2D eigenvalue weighted by molar-refractivity contribution is 0.0735. The largest absolute Gasteiger partial charge is 0.495 e. The molecule has 0 radical (unpaired) electrons. The van der Waals surface area contributed by atoms with Gasteiger partial charge in [-0.2, -0.15) is 0 Å². The monoisotopic (exact) mass is 390 g/mol. The lowest BCUT2D eigenvalue weighted by Crippen LogP contribution is -2.30. The van der Waals surface area contributed by atoms with E-state index in [1.54, 1.807) is 38.7 Å². The molecule has 2 heterocycles. The molecule has 1 aliphatic heterocycles. The van der Waals surface area contributed by atoms with Crippen LogP contribution in [0.2, 0.25) is 0 Å². The second-order valence-electron chi connectivity index (χ2n) is 5.63. The number of benzene rings is 1. The van der Waals surface area contributed by atoms with Crippen LogP contribution in [0.25, 0.3) is 0 Å². The number of carbonyl (C=O) groups excluding carboxylic acids is 1. The topological polar surface area (TPSA) is 51.7 Å². The minimum Gasteiger partial charge on any atom is -0.495 e. The average molecular weight is 391 g/mol. The van der Waals surface area contributed by atoms with E-state index in [1.807, 2.05) is 17.0 Å². The summed E-state index contributed by atoms with van der Waals surface area (Å²) in [4.78, 5) is 19.0. The fraction of sp³-hybridized carbons (Fsp3) is 0.333. The maximum Gasteiger partial charge on any atom is 0.254 e. The van der Waals surface area contributed by atoms with Gasteiger partial charge in [0.15, 0.2) is 0 Å². The van der Waals surface area contributed by atoms with Crippen molar-refractivity contribution in [3.05, 3.63) is 52.3 Å². The first-order valence-corrected chi connectivity index (χ1v) is 8.57. The van der Waals surface area contributed by atoms with E-state index in [9.17, 15) is 4.79 Å². The first-order chi connectivity index (χ1) is 11.7. The van der Waals surface area contributed by atoms with Crippen molar-refractivity contribution in [2.45, 2.75) is 18.9 Å². The fourth-order valence-corrected chi connectivity index (χ4v) is 3.65. The molecule has 1 saturated heterocycles. The molecule has 0 saturated carbocycles. The van der Waals surface area contributed by atoms with Gasteiger partial charge in [0.1, 0.15) is 16.0 Å². The van der Waals surface area contributed by atoms with Gasteiger partial charge in [-0.3, -0.25) is 9.78 Å². The van der Waals surface area contributed by atoms with Gasteiger partial charge < -0.3 is 14.4 Å². The summed E-state index contributed by atoms with van der Waals surface area (Å²) in [5, 5.41) is 0. The Bertz CT molecular complexity index is 711.